The predicted molar refractivity (Wildman–Crippen MR) is 108 cm³/mol. The molecule has 0 saturated carbocycles. The maximum atomic E-state index is 5.92. The smallest absolute Gasteiger partial charge is 0.205 e. The topological polar surface area (TPSA) is 77.8 Å². The molecule has 134 valence electrons. The molecule has 4 aromatic rings. The molecule has 2 aromatic carbocycles. The van der Waals surface area contributed by atoms with E-state index in [9.17, 15) is 0 Å². The van der Waals surface area contributed by atoms with Crippen molar-refractivity contribution in [2.75, 3.05) is 5.73 Å². The first-order chi connectivity index (χ1) is 13.2. The molecule has 2 heterocycles. The lowest BCUT2D eigenvalue weighted by Gasteiger charge is -2.03. The van der Waals surface area contributed by atoms with Crippen LogP contribution in [0.4, 0.5) is 5.82 Å². The molecule has 0 radical (unpaired) electrons. The van der Waals surface area contributed by atoms with Crippen molar-refractivity contribution in [1.82, 2.24) is 15.0 Å². The second-order valence-electron chi connectivity index (χ2n) is 6.07. The van der Waals surface area contributed by atoms with Crippen LogP contribution in [0.5, 0.6) is 0 Å². The van der Waals surface area contributed by atoms with E-state index in [4.69, 9.17) is 10.2 Å². The van der Waals surface area contributed by atoms with E-state index in [1.807, 2.05) is 37.3 Å². The van der Waals surface area contributed by atoms with Crippen molar-refractivity contribution in [2.24, 2.45) is 0 Å². The number of thioether (sulfide) groups is 1. The molecule has 2 N–H and O–H groups in total. The summed E-state index contributed by atoms with van der Waals surface area (Å²) in [5, 5.41) is 0.623. The van der Waals surface area contributed by atoms with Gasteiger partial charge in [-0.2, -0.15) is 0 Å². The van der Waals surface area contributed by atoms with Crippen LogP contribution in [0.15, 0.2) is 76.4 Å². The summed E-state index contributed by atoms with van der Waals surface area (Å²) in [6, 6.07) is 20.3. The zero-order valence-corrected chi connectivity index (χ0v) is 15.6. The van der Waals surface area contributed by atoms with E-state index in [0.29, 0.717) is 22.6 Å². The van der Waals surface area contributed by atoms with Gasteiger partial charge in [-0.15, -0.1) is 0 Å². The highest BCUT2D eigenvalue weighted by Crippen LogP contribution is 2.28. The number of nitrogen functional groups attached to an aromatic ring is 1. The van der Waals surface area contributed by atoms with Crippen LogP contribution < -0.4 is 5.73 Å². The summed E-state index contributed by atoms with van der Waals surface area (Å²) in [6.07, 6.45) is 1.76. The molecular weight excluding hydrogens is 356 g/mol. The van der Waals surface area contributed by atoms with Gasteiger partial charge < -0.3 is 10.2 Å². The molecule has 0 aliphatic carbocycles. The van der Waals surface area contributed by atoms with Crippen LogP contribution in [0.25, 0.3) is 22.5 Å². The molecular formula is C21H18N4OS. The molecule has 0 atom stereocenters. The van der Waals surface area contributed by atoms with Gasteiger partial charge in [-0.25, -0.2) is 15.0 Å². The van der Waals surface area contributed by atoms with Gasteiger partial charge in [-0.05, 0) is 24.1 Å². The predicted octanol–water partition coefficient (Wildman–Crippen LogP) is 4.98. The number of aromatic nitrogens is 3. The highest BCUT2D eigenvalue weighted by molar-refractivity contribution is 7.98. The number of hydrogen-bond donors (Lipinski definition) is 1. The summed E-state index contributed by atoms with van der Waals surface area (Å²) in [5.41, 5.74) is 9.92. The average Bonchev–Trinajstić information content (AvgIpc) is 3.16. The van der Waals surface area contributed by atoms with Crippen molar-refractivity contribution < 1.29 is 4.42 Å². The highest BCUT2D eigenvalue weighted by atomic mass is 32.2. The first-order valence-electron chi connectivity index (χ1n) is 8.52. The van der Waals surface area contributed by atoms with Gasteiger partial charge in [0.05, 0.1) is 11.9 Å². The Kier molecular flexibility index (Phi) is 4.89. The van der Waals surface area contributed by atoms with Crippen LogP contribution in [0.2, 0.25) is 0 Å². The van der Waals surface area contributed by atoms with E-state index in [0.717, 1.165) is 22.6 Å². The lowest BCUT2D eigenvalue weighted by atomic mass is 10.0. The molecule has 0 amide bonds. The number of nitrogens with zero attached hydrogens (tertiary/aromatic N) is 3. The zero-order chi connectivity index (χ0) is 18.6. The molecule has 0 unspecified atom stereocenters. The molecule has 0 saturated heterocycles. The molecule has 6 heteroatoms. The highest BCUT2D eigenvalue weighted by Gasteiger charge is 2.10. The Morgan fingerprint density at radius 2 is 1.70 bits per heavy atom. The zero-order valence-electron chi connectivity index (χ0n) is 14.8. The van der Waals surface area contributed by atoms with Crippen molar-refractivity contribution in [3.8, 4) is 22.5 Å². The molecule has 0 bridgehead atoms. The van der Waals surface area contributed by atoms with E-state index in [1.54, 1.807) is 12.3 Å². The third-order valence-electron chi connectivity index (χ3n) is 3.99. The molecule has 0 aliphatic heterocycles. The average molecular weight is 374 g/mol. The minimum Gasteiger partial charge on any atom is -0.440 e. The van der Waals surface area contributed by atoms with Crippen LogP contribution >= 0.6 is 11.8 Å². The first kappa shape index (κ1) is 17.3. The normalized spacial score (nSPS) is 10.9. The Balaban J connectivity index is 1.51. The number of aryl methyl sites for hydroxylation is 1. The standard InChI is InChI=1S/C21H18N4OS/c1-14-10-19(22)25-21(24-14)27-13-20-23-12-18(26-20)17-9-5-8-16(11-17)15-6-3-2-4-7-15/h2-12H,13H2,1H3,(H2,22,24,25). The Bertz CT molecular complexity index is 1040. The summed E-state index contributed by atoms with van der Waals surface area (Å²) in [4.78, 5) is 13.0. The lowest BCUT2D eigenvalue weighted by Crippen LogP contribution is -1.96. The van der Waals surface area contributed by atoms with E-state index < -0.39 is 0 Å². The monoisotopic (exact) mass is 374 g/mol. The van der Waals surface area contributed by atoms with Crippen LogP contribution in [-0.2, 0) is 5.75 Å². The summed E-state index contributed by atoms with van der Waals surface area (Å²) < 4.78 is 5.92. The van der Waals surface area contributed by atoms with E-state index in [1.165, 1.54) is 17.3 Å². The third kappa shape index (κ3) is 4.17. The molecule has 5 nitrogen and oxygen atoms in total. The summed E-state index contributed by atoms with van der Waals surface area (Å²) >= 11 is 1.45. The molecule has 2 aromatic heterocycles. The quantitative estimate of drug-likeness (QED) is 0.392. The van der Waals surface area contributed by atoms with Gasteiger partial charge in [0.15, 0.2) is 10.9 Å². The van der Waals surface area contributed by atoms with Gasteiger partial charge >= 0.3 is 0 Å². The van der Waals surface area contributed by atoms with Crippen molar-refractivity contribution in [3.05, 3.63) is 78.4 Å². The second kappa shape index (κ2) is 7.63. The lowest BCUT2D eigenvalue weighted by molar-refractivity contribution is 0.530. The number of nitrogens with two attached hydrogens (primary N) is 1. The SMILES string of the molecule is Cc1cc(N)nc(SCc2ncc(-c3cccc(-c4ccccc4)c3)o2)n1. The van der Waals surface area contributed by atoms with Crippen molar-refractivity contribution in [2.45, 2.75) is 17.8 Å². The molecule has 0 aliphatic rings. The fourth-order valence-electron chi connectivity index (χ4n) is 2.75. The van der Waals surface area contributed by atoms with Gasteiger partial charge in [-0.3, -0.25) is 0 Å². The van der Waals surface area contributed by atoms with E-state index in [-0.39, 0.29) is 0 Å². The number of oxazole rings is 1. The molecule has 27 heavy (non-hydrogen) atoms. The van der Waals surface area contributed by atoms with Gasteiger partial charge in [0.2, 0.25) is 5.89 Å². The molecule has 0 spiro atoms. The Labute approximate surface area is 161 Å². The van der Waals surface area contributed by atoms with Gasteiger partial charge in [-0.1, -0.05) is 60.3 Å². The summed E-state index contributed by atoms with van der Waals surface area (Å²) in [5.74, 6) is 2.38. The van der Waals surface area contributed by atoms with Gasteiger partial charge in [0.1, 0.15) is 5.82 Å². The third-order valence-corrected chi connectivity index (χ3v) is 4.82. The minimum absolute atomic E-state index is 0.468. The number of hydrogen-bond acceptors (Lipinski definition) is 6. The van der Waals surface area contributed by atoms with Crippen molar-refractivity contribution in [1.29, 1.82) is 0 Å². The molecule has 4 rings (SSSR count). The Morgan fingerprint density at radius 1 is 0.926 bits per heavy atom. The Morgan fingerprint density at radius 3 is 2.52 bits per heavy atom. The van der Waals surface area contributed by atoms with Gasteiger partial charge in [0, 0.05) is 17.3 Å². The fraction of sp³-hybridized carbons (Fsp3) is 0.0952. The molecule has 0 fully saturated rings. The first-order valence-corrected chi connectivity index (χ1v) is 9.50. The second-order valence-corrected chi connectivity index (χ2v) is 7.01. The van der Waals surface area contributed by atoms with Crippen LogP contribution in [-0.4, -0.2) is 15.0 Å². The van der Waals surface area contributed by atoms with Crippen LogP contribution in [0.1, 0.15) is 11.6 Å². The minimum atomic E-state index is 0.468. The van der Waals surface area contributed by atoms with Crippen LogP contribution in [0.3, 0.4) is 0 Å². The van der Waals surface area contributed by atoms with E-state index in [2.05, 4.69) is 39.2 Å². The van der Waals surface area contributed by atoms with Gasteiger partial charge in [0.25, 0.3) is 0 Å². The number of anilines is 1. The van der Waals surface area contributed by atoms with Crippen molar-refractivity contribution >= 4 is 17.6 Å². The van der Waals surface area contributed by atoms with E-state index >= 15 is 0 Å². The van der Waals surface area contributed by atoms with Crippen LogP contribution in [0, 0.1) is 6.92 Å². The fourth-order valence-corrected chi connectivity index (χ4v) is 3.51. The maximum absolute atomic E-state index is 5.92. The van der Waals surface area contributed by atoms with Crippen molar-refractivity contribution in [3.63, 3.8) is 0 Å². The summed E-state index contributed by atoms with van der Waals surface area (Å²) in [6.45, 7) is 1.89. The largest absolute Gasteiger partial charge is 0.440 e. The number of benzene rings is 2. The maximum Gasteiger partial charge on any atom is 0.205 e. The summed E-state index contributed by atoms with van der Waals surface area (Å²) in [7, 11) is 0. The Hall–Kier alpha value is -3.12. The number of rotatable bonds is 5.